The molecule has 9 heteroatoms. The molecule has 3 heterocycles. The molecule has 2 aromatic rings. The van der Waals surface area contributed by atoms with Crippen LogP contribution < -0.4 is 20.4 Å². The minimum Gasteiger partial charge on any atom is -0.353 e. The fourth-order valence-electron chi connectivity index (χ4n) is 3.92. The van der Waals surface area contributed by atoms with E-state index in [0.717, 1.165) is 44.0 Å². The molecule has 1 aromatic carbocycles. The van der Waals surface area contributed by atoms with Crippen molar-refractivity contribution in [3.05, 3.63) is 53.2 Å². The molecule has 2 aliphatic heterocycles. The van der Waals surface area contributed by atoms with Gasteiger partial charge in [0.2, 0.25) is 5.91 Å². The van der Waals surface area contributed by atoms with Gasteiger partial charge in [-0.3, -0.25) is 9.79 Å². The number of aromatic nitrogens is 1. The fraction of sp³-hybridized carbons (Fsp3) is 0.381. The second-order valence-corrected chi connectivity index (χ2v) is 7.64. The first-order valence-corrected chi connectivity index (χ1v) is 10.2. The van der Waals surface area contributed by atoms with E-state index < -0.39 is 0 Å². The normalized spacial score (nSPS) is 18.1. The summed E-state index contributed by atoms with van der Waals surface area (Å²) in [6.45, 7) is 2.59. The molecule has 1 amide bonds. The third kappa shape index (κ3) is 4.97. The van der Waals surface area contributed by atoms with Crippen molar-refractivity contribution in [2.75, 3.05) is 43.0 Å². The summed E-state index contributed by atoms with van der Waals surface area (Å²) in [6.07, 6.45) is 3.61. The van der Waals surface area contributed by atoms with E-state index in [4.69, 9.17) is 11.6 Å². The summed E-state index contributed by atoms with van der Waals surface area (Å²) in [5, 5.41) is 7.22. The number of halogens is 2. The highest BCUT2D eigenvalue weighted by Crippen LogP contribution is 2.27. The van der Waals surface area contributed by atoms with Crippen LogP contribution in [-0.2, 0) is 11.2 Å². The highest BCUT2D eigenvalue weighted by Gasteiger charge is 2.27. The largest absolute Gasteiger partial charge is 0.353 e. The van der Waals surface area contributed by atoms with E-state index in [1.54, 1.807) is 13.2 Å². The average Bonchev–Trinajstić information content (AvgIpc) is 3.38. The van der Waals surface area contributed by atoms with E-state index in [9.17, 15) is 4.79 Å². The van der Waals surface area contributed by atoms with Crippen molar-refractivity contribution in [3.8, 4) is 0 Å². The summed E-state index contributed by atoms with van der Waals surface area (Å²) in [5.41, 5.74) is 2.24. The van der Waals surface area contributed by atoms with Gasteiger partial charge in [0.1, 0.15) is 5.82 Å². The SMILES string of the molecule is CN=C(NCC(=O)N1CCc2ccccc21)NC1CCN(c2ncccc2Cl)C1.I. The van der Waals surface area contributed by atoms with Crippen molar-refractivity contribution in [1.29, 1.82) is 0 Å². The predicted molar refractivity (Wildman–Crippen MR) is 132 cm³/mol. The molecular formula is C21H26ClIN6O. The summed E-state index contributed by atoms with van der Waals surface area (Å²) < 4.78 is 0. The summed E-state index contributed by atoms with van der Waals surface area (Å²) >= 11 is 6.26. The first-order chi connectivity index (χ1) is 14.2. The number of guanidine groups is 1. The smallest absolute Gasteiger partial charge is 0.246 e. The van der Waals surface area contributed by atoms with Gasteiger partial charge in [-0.2, -0.15) is 0 Å². The number of anilines is 2. The number of nitrogens with zero attached hydrogens (tertiary/aromatic N) is 4. The third-order valence-corrected chi connectivity index (χ3v) is 5.68. The number of carbonyl (C=O) groups is 1. The molecule has 0 radical (unpaired) electrons. The molecule has 30 heavy (non-hydrogen) atoms. The van der Waals surface area contributed by atoms with Crippen LogP contribution in [0.2, 0.25) is 5.02 Å². The Morgan fingerprint density at radius 1 is 1.27 bits per heavy atom. The van der Waals surface area contributed by atoms with Gasteiger partial charge in [0.05, 0.1) is 11.6 Å². The molecule has 1 fully saturated rings. The molecule has 1 unspecified atom stereocenters. The Bertz CT molecular complexity index is 924. The summed E-state index contributed by atoms with van der Waals surface area (Å²) in [5.74, 6) is 1.49. The van der Waals surface area contributed by atoms with Gasteiger partial charge in [0.25, 0.3) is 0 Å². The number of aliphatic imine (C=N–C) groups is 1. The van der Waals surface area contributed by atoms with Crippen LogP contribution in [0.15, 0.2) is 47.6 Å². The van der Waals surface area contributed by atoms with E-state index in [-0.39, 0.29) is 42.5 Å². The second-order valence-electron chi connectivity index (χ2n) is 7.23. The number of carbonyl (C=O) groups excluding carboxylic acids is 1. The molecule has 4 rings (SSSR count). The molecule has 7 nitrogen and oxygen atoms in total. The zero-order valence-corrected chi connectivity index (χ0v) is 19.9. The summed E-state index contributed by atoms with van der Waals surface area (Å²) in [6, 6.07) is 12.0. The van der Waals surface area contributed by atoms with Crippen molar-refractivity contribution >= 4 is 58.9 Å². The first kappa shape index (κ1) is 22.6. The van der Waals surface area contributed by atoms with Crippen LogP contribution in [0.5, 0.6) is 0 Å². The second kappa shape index (κ2) is 10.3. The molecule has 0 spiro atoms. The van der Waals surface area contributed by atoms with Crippen LogP contribution in [0, 0.1) is 0 Å². The van der Waals surface area contributed by atoms with Crippen molar-refractivity contribution in [1.82, 2.24) is 15.6 Å². The van der Waals surface area contributed by atoms with Gasteiger partial charge in [0, 0.05) is 44.6 Å². The Hall–Kier alpha value is -2.07. The van der Waals surface area contributed by atoms with E-state index >= 15 is 0 Å². The minimum atomic E-state index is 0. The lowest BCUT2D eigenvalue weighted by molar-refractivity contribution is -0.117. The average molecular weight is 541 g/mol. The molecule has 1 saturated heterocycles. The molecule has 0 bridgehead atoms. The topological polar surface area (TPSA) is 72.9 Å². The maximum atomic E-state index is 12.7. The molecule has 1 atom stereocenters. The fourth-order valence-corrected chi connectivity index (χ4v) is 4.16. The van der Waals surface area contributed by atoms with Gasteiger partial charge in [0.15, 0.2) is 5.96 Å². The number of amides is 1. The van der Waals surface area contributed by atoms with Crippen LogP contribution in [0.4, 0.5) is 11.5 Å². The van der Waals surface area contributed by atoms with Crippen LogP contribution in [-0.4, -0.2) is 56.1 Å². The van der Waals surface area contributed by atoms with Crippen LogP contribution in [0.1, 0.15) is 12.0 Å². The Labute approximate surface area is 198 Å². The lowest BCUT2D eigenvalue weighted by Gasteiger charge is -2.21. The summed E-state index contributed by atoms with van der Waals surface area (Å²) in [7, 11) is 1.72. The third-order valence-electron chi connectivity index (χ3n) is 5.39. The Balaban J connectivity index is 0.00000256. The monoisotopic (exact) mass is 540 g/mol. The first-order valence-electron chi connectivity index (χ1n) is 9.86. The highest BCUT2D eigenvalue weighted by atomic mass is 127. The Kier molecular flexibility index (Phi) is 7.76. The maximum absolute atomic E-state index is 12.7. The van der Waals surface area contributed by atoms with E-state index in [2.05, 4.69) is 31.6 Å². The molecule has 2 aliphatic rings. The van der Waals surface area contributed by atoms with Gasteiger partial charge in [-0.15, -0.1) is 24.0 Å². The van der Waals surface area contributed by atoms with Gasteiger partial charge in [-0.25, -0.2) is 4.98 Å². The van der Waals surface area contributed by atoms with E-state index in [1.165, 1.54) is 5.56 Å². The highest BCUT2D eigenvalue weighted by molar-refractivity contribution is 14.0. The van der Waals surface area contributed by atoms with Crippen LogP contribution in [0.25, 0.3) is 0 Å². The quantitative estimate of drug-likeness (QED) is 0.355. The lowest BCUT2D eigenvalue weighted by atomic mass is 10.2. The van der Waals surface area contributed by atoms with Gasteiger partial charge < -0.3 is 20.4 Å². The van der Waals surface area contributed by atoms with E-state index in [0.29, 0.717) is 11.0 Å². The standard InChI is InChI=1S/C21H25ClN6O.HI/c1-23-21(25-13-19(29)28-12-8-15-5-2-3-7-18(15)28)26-16-9-11-27(14-16)20-17(22)6-4-10-24-20;/h2-7,10,16H,8-9,11-14H2,1H3,(H2,23,25,26);1H. The number of pyridine rings is 1. The molecule has 2 N–H and O–H groups in total. The predicted octanol–water partition coefficient (Wildman–Crippen LogP) is 2.69. The number of para-hydroxylation sites is 1. The number of hydrogen-bond acceptors (Lipinski definition) is 4. The van der Waals surface area contributed by atoms with Crippen LogP contribution in [0.3, 0.4) is 0 Å². The van der Waals surface area contributed by atoms with Gasteiger partial charge in [-0.1, -0.05) is 29.8 Å². The molecule has 160 valence electrons. The van der Waals surface area contributed by atoms with Gasteiger partial charge >= 0.3 is 0 Å². The van der Waals surface area contributed by atoms with Crippen molar-refractivity contribution in [3.63, 3.8) is 0 Å². The minimum absolute atomic E-state index is 0. The number of benzene rings is 1. The lowest BCUT2D eigenvalue weighted by Crippen LogP contribution is -2.48. The number of hydrogen-bond donors (Lipinski definition) is 2. The van der Waals surface area contributed by atoms with Crippen molar-refractivity contribution in [2.45, 2.75) is 18.9 Å². The van der Waals surface area contributed by atoms with Crippen LogP contribution >= 0.6 is 35.6 Å². The zero-order chi connectivity index (χ0) is 20.2. The Morgan fingerprint density at radius 2 is 2.10 bits per heavy atom. The Morgan fingerprint density at radius 3 is 2.90 bits per heavy atom. The van der Waals surface area contributed by atoms with Crippen molar-refractivity contribution < 1.29 is 4.79 Å². The molecular weight excluding hydrogens is 515 g/mol. The number of fused-ring (bicyclic) bond motifs is 1. The number of rotatable bonds is 4. The summed E-state index contributed by atoms with van der Waals surface area (Å²) in [4.78, 5) is 25.4. The van der Waals surface area contributed by atoms with E-state index in [1.807, 2.05) is 35.2 Å². The zero-order valence-electron chi connectivity index (χ0n) is 16.8. The van der Waals surface area contributed by atoms with Crippen molar-refractivity contribution in [2.24, 2.45) is 4.99 Å². The molecule has 0 saturated carbocycles. The molecule has 0 aliphatic carbocycles. The number of nitrogens with one attached hydrogen (secondary N) is 2. The molecule has 1 aromatic heterocycles. The maximum Gasteiger partial charge on any atom is 0.246 e. The van der Waals surface area contributed by atoms with Gasteiger partial charge in [-0.05, 0) is 36.6 Å².